The number of nitrogens with one attached hydrogen (secondary N) is 1. The predicted molar refractivity (Wildman–Crippen MR) is 119 cm³/mol. The molecule has 3 aromatic carbocycles. The van der Waals surface area contributed by atoms with Crippen LogP contribution in [0.5, 0.6) is 0 Å². The van der Waals surface area contributed by atoms with Crippen LogP contribution in [0.2, 0.25) is 0 Å². The van der Waals surface area contributed by atoms with E-state index in [0.717, 1.165) is 16.5 Å². The van der Waals surface area contributed by atoms with Crippen molar-refractivity contribution >= 4 is 39.9 Å². The number of fused-ring (bicyclic) bond motifs is 3. The number of carbonyl (C=O) groups excluding carboxylic acids is 1. The molecule has 1 amide bonds. The summed E-state index contributed by atoms with van der Waals surface area (Å²) in [6.45, 7) is 0. The van der Waals surface area contributed by atoms with Crippen molar-refractivity contribution in [2.24, 2.45) is 0 Å². The summed E-state index contributed by atoms with van der Waals surface area (Å²) >= 11 is 1.22. The van der Waals surface area contributed by atoms with E-state index in [2.05, 4.69) is 15.5 Å². The molecule has 0 aliphatic rings. The number of hydrogen-bond donors (Lipinski definition) is 1. The highest BCUT2D eigenvalue weighted by Gasteiger charge is 2.17. The average Bonchev–Trinajstić information content (AvgIpc) is 3.24. The first-order valence-corrected chi connectivity index (χ1v) is 10.6. The molecule has 5 rings (SSSR count). The van der Waals surface area contributed by atoms with Crippen LogP contribution in [-0.2, 0) is 4.79 Å². The fourth-order valence-corrected chi connectivity index (χ4v) is 4.05. The molecule has 2 heterocycles. The number of rotatable bonds is 5. The monoisotopic (exact) mass is 429 g/mol. The summed E-state index contributed by atoms with van der Waals surface area (Å²) in [7, 11) is 0. The number of aromatic nitrogens is 4. The minimum Gasteiger partial charge on any atom is -0.323 e. The van der Waals surface area contributed by atoms with Gasteiger partial charge in [-0.2, -0.15) is 0 Å². The number of benzene rings is 3. The Morgan fingerprint density at radius 3 is 2.52 bits per heavy atom. The third kappa shape index (κ3) is 3.73. The van der Waals surface area contributed by atoms with Gasteiger partial charge < -0.3 is 5.32 Å². The van der Waals surface area contributed by atoms with E-state index in [1.165, 1.54) is 23.9 Å². The van der Waals surface area contributed by atoms with Crippen molar-refractivity contribution in [3.8, 4) is 11.4 Å². The Morgan fingerprint density at radius 2 is 1.68 bits per heavy atom. The van der Waals surface area contributed by atoms with Gasteiger partial charge in [-0.15, -0.1) is 10.2 Å². The van der Waals surface area contributed by atoms with Crippen LogP contribution in [-0.4, -0.2) is 31.2 Å². The van der Waals surface area contributed by atoms with Gasteiger partial charge in [0.05, 0.1) is 17.0 Å². The molecule has 0 radical (unpaired) electrons. The number of anilines is 1. The van der Waals surface area contributed by atoms with Gasteiger partial charge in [-0.1, -0.05) is 66.4 Å². The first-order chi connectivity index (χ1) is 15.2. The zero-order chi connectivity index (χ0) is 21.2. The van der Waals surface area contributed by atoms with Crippen molar-refractivity contribution in [3.63, 3.8) is 0 Å². The Kier molecular flexibility index (Phi) is 5.05. The highest BCUT2D eigenvalue weighted by atomic mass is 32.2. The molecule has 0 saturated carbocycles. The van der Waals surface area contributed by atoms with Crippen LogP contribution >= 0.6 is 11.8 Å². The zero-order valence-corrected chi connectivity index (χ0v) is 17.0. The van der Waals surface area contributed by atoms with Crippen LogP contribution < -0.4 is 5.32 Å². The Balaban J connectivity index is 1.51. The second-order valence-electron chi connectivity index (χ2n) is 6.78. The van der Waals surface area contributed by atoms with Crippen molar-refractivity contribution in [1.82, 2.24) is 19.6 Å². The lowest BCUT2D eigenvalue weighted by Gasteiger charge is -2.10. The van der Waals surface area contributed by atoms with Crippen LogP contribution in [0.25, 0.3) is 27.9 Å². The first kappa shape index (κ1) is 19.2. The molecule has 31 heavy (non-hydrogen) atoms. The predicted octanol–water partition coefficient (Wildman–Crippen LogP) is 4.81. The number of para-hydroxylation sites is 2. The van der Waals surface area contributed by atoms with Gasteiger partial charge in [0.15, 0.2) is 10.8 Å². The maximum atomic E-state index is 13.8. The topological polar surface area (TPSA) is 72.2 Å². The Bertz CT molecular complexity index is 1400. The lowest BCUT2D eigenvalue weighted by molar-refractivity contribution is -0.113. The average molecular weight is 429 g/mol. The molecule has 0 spiro atoms. The van der Waals surface area contributed by atoms with Crippen LogP contribution in [0.1, 0.15) is 0 Å². The summed E-state index contributed by atoms with van der Waals surface area (Å²) in [5, 5.41) is 12.7. The van der Waals surface area contributed by atoms with Crippen LogP contribution in [0.15, 0.2) is 84.0 Å². The van der Waals surface area contributed by atoms with E-state index < -0.39 is 5.82 Å². The number of amides is 1. The molecule has 0 aliphatic heterocycles. The van der Waals surface area contributed by atoms with Crippen LogP contribution in [0, 0.1) is 5.82 Å². The largest absolute Gasteiger partial charge is 0.323 e. The highest BCUT2D eigenvalue weighted by molar-refractivity contribution is 7.99. The molecule has 5 aromatic rings. The normalized spacial score (nSPS) is 11.1. The maximum Gasteiger partial charge on any atom is 0.234 e. The molecule has 152 valence electrons. The number of carbonyl (C=O) groups is 1. The molecule has 0 saturated heterocycles. The van der Waals surface area contributed by atoms with Crippen molar-refractivity contribution in [2.45, 2.75) is 5.16 Å². The standard InChI is InChI=1S/C23H16FN5OS/c24-17-11-5-7-13-19(17)25-20(30)14-31-23-28-27-22-16-10-4-6-12-18(16)26-21(29(22)23)15-8-2-1-3-9-15/h1-13H,14H2,(H,25,30). The van der Waals surface area contributed by atoms with Gasteiger partial charge >= 0.3 is 0 Å². The van der Waals surface area contributed by atoms with Gasteiger partial charge in [0, 0.05) is 10.9 Å². The highest BCUT2D eigenvalue weighted by Crippen LogP contribution is 2.29. The summed E-state index contributed by atoms with van der Waals surface area (Å²) in [6, 6.07) is 23.6. The lowest BCUT2D eigenvalue weighted by atomic mass is 10.2. The molecule has 0 fully saturated rings. The number of hydrogen-bond acceptors (Lipinski definition) is 5. The molecule has 6 nitrogen and oxygen atoms in total. The zero-order valence-electron chi connectivity index (χ0n) is 16.2. The number of nitrogens with zero attached hydrogens (tertiary/aromatic N) is 4. The smallest absolute Gasteiger partial charge is 0.234 e. The van der Waals surface area contributed by atoms with Crippen LogP contribution in [0.3, 0.4) is 0 Å². The summed E-state index contributed by atoms with van der Waals surface area (Å²) in [6.07, 6.45) is 0. The third-order valence-corrected chi connectivity index (χ3v) is 5.66. The van der Waals surface area contributed by atoms with Gasteiger partial charge in [0.2, 0.25) is 5.91 Å². The second-order valence-corrected chi connectivity index (χ2v) is 7.72. The van der Waals surface area contributed by atoms with E-state index in [9.17, 15) is 9.18 Å². The molecule has 8 heteroatoms. The fraction of sp³-hybridized carbons (Fsp3) is 0.0435. The lowest BCUT2D eigenvalue weighted by Crippen LogP contribution is -2.15. The van der Waals surface area contributed by atoms with Crippen molar-refractivity contribution in [2.75, 3.05) is 11.1 Å². The first-order valence-electron chi connectivity index (χ1n) is 9.57. The van der Waals surface area contributed by atoms with E-state index in [4.69, 9.17) is 4.98 Å². The molecule has 1 N–H and O–H groups in total. The minimum absolute atomic E-state index is 0.0518. The summed E-state index contributed by atoms with van der Waals surface area (Å²) in [5.41, 5.74) is 2.55. The molecule has 0 atom stereocenters. The van der Waals surface area contributed by atoms with Crippen molar-refractivity contribution in [1.29, 1.82) is 0 Å². The summed E-state index contributed by atoms with van der Waals surface area (Å²) < 4.78 is 15.7. The van der Waals surface area contributed by atoms with E-state index in [0.29, 0.717) is 16.6 Å². The SMILES string of the molecule is O=C(CSc1nnc2c3ccccc3nc(-c3ccccc3)n12)Nc1ccccc1F. The molecule has 2 aromatic heterocycles. The Hall–Kier alpha value is -3.78. The van der Waals surface area contributed by atoms with Gasteiger partial charge in [-0.05, 0) is 24.3 Å². The fourth-order valence-electron chi connectivity index (χ4n) is 3.31. The van der Waals surface area contributed by atoms with Gasteiger partial charge in [0.1, 0.15) is 11.6 Å². The molecule has 0 unspecified atom stereocenters. The number of halogens is 1. The van der Waals surface area contributed by atoms with Crippen molar-refractivity contribution < 1.29 is 9.18 Å². The molecule has 0 bridgehead atoms. The van der Waals surface area contributed by atoms with Crippen molar-refractivity contribution in [3.05, 3.63) is 84.7 Å². The van der Waals surface area contributed by atoms with E-state index in [1.807, 2.05) is 59.0 Å². The Labute approximate surface area is 181 Å². The third-order valence-electron chi connectivity index (χ3n) is 4.73. The maximum absolute atomic E-state index is 13.8. The Morgan fingerprint density at radius 1 is 0.935 bits per heavy atom. The van der Waals surface area contributed by atoms with Crippen LogP contribution in [0.4, 0.5) is 10.1 Å². The summed E-state index contributed by atoms with van der Waals surface area (Å²) in [5.74, 6) is -0.0649. The molecular weight excluding hydrogens is 413 g/mol. The minimum atomic E-state index is -0.476. The van der Waals surface area contributed by atoms with Gasteiger partial charge in [0.25, 0.3) is 0 Å². The molecular formula is C23H16FN5OS. The van der Waals surface area contributed by atoms with E-state index in [-0.39, 0.29) is 17.3 Å². The second kappa shape index (κ2) is 8.16. The number of thioether (sulfide) groups is 1. The molecule has 0 aliphatic carbocycles. The summed E-state index contributed by atoms with van der Waals surface area (Å²) in [4.78, 5) is 17.2. The van der Waals surface area contributed by atoms with Gasteiger partial charge in [-0.25, -0.2) is 9.37 Å². The van der Waals surface area contributed by atoms with Gasteiger partial charge in [-0.3, -0.25) is 9.20 Å². The van der Waals surface area contributed by atoms with E-state index >= 15 is 0 Å². The quantitative estimate of drug-likeness (QED) is 0.406. The van der Waals surface area contributed by atoms with E-state index in [1.54, 1.807) is 12.1 Å².